The average Bonchev–Trinajstić information content (AvgIpc) is 2.90. The molecule has 0 aliphatic carbocycles. The van der Waals surface area contributed by atoms with Crippen molar-refractivity contribution in [2.24, 2.45) is 7.05 Å². The van der Waals surface area contributed by atoms with Gasteiger partial charge in [-0.15, -0.1) is 0 Å². The molecule has 0 spiro atoms. The Morgan fingerprint density at radius 1 is 1.30 bits per heavy atom. The Morgan fingerprint density at radius 2 is 2.10 bits per heavy atom. The molecule has 1 aromatic carbocycles. The Bertz CT molecular complexity index is 562. The molecule has 0 radical (unpaired) electrons. The van der Waals surface area contributed by atoms with Gasteiger partial charge in [-0.2, -0.15) is 5.10 Å². The Labute approximate surface area is 121 Å². The van der Waals surface area contributed by atoms with E-state index in [1.807, 2.05) is 11.7 Å². The molecule has 2 aromatic rings. The van der Waals surface area contributed by atoms with Crippen LogP contribution in [0.15, 0.2) is 30.3 Å². The van der Waals surface area contributed by atoms with Crippen LogP contribution in [0.3, 0.4) is 0 Å². The van der Waals surface area contributed by atoms with Gasteiger partial charge in [0.15, 0.2) is 0 Å². The molecular weight excluding hydrogens is 246 g/mol. The molecule has 1 aliphatic heterocycles. The van der Waals surface area contributed by atoms with Gasteiger partial charge in [-0.3, -0.25) is 4.68 Å². The van der Waals surface area contributed by atoms with Crippen molar-refractivity contribution in [2.75, 3.05) is 13.1 Å². The van der Waals surface area contributed by atoms with Crippen LogP contribution in [0.1, 0.15) is 36.9 Å². The van der Waals surface area contributed by atoms with Crippen LogP contribution in [0.5, 0.6) is 0 Å². The fraction of sp³-hybridized carbons (Fsp3) is 0.471. The minimum absolute atomic E-state index is 0.568. The van der Waals surface area contributed by atoms with Gasteiger partial charge in [0.2, 0.25) is 0 Å². The smallest absolute Gasteiger partial charge is 0.0681 e. The number of rotatable bonds is 3. The highest BCUT2D eigenvalue weighted by molar-refractivity contribution is 5.60. The van der Waals surface area contributed by atoms with Gasteiger partial charge in [0.25, 0.3) is 0 Å². The molecule has 0 amide bonds. The van der Waals surface area contributed by atoms with Crippen LogP contribution in [0.25, 0.3) is 11.3 Å². The van der Waals surface area contributed by atoms with Crippen molar-refractivity contribution in [1.29, 1.82) is 0 Å². The van der Waals surface area contributed by atoms with E-state index in [1.54, 1.807) is 0 Å². The number of benzene rings is 1. The lowest BCUT2D eigenvalue weighted by atomic mass is 9.95. The van der Waals surface area contributed by atoms with Crippen LogP contribution >= 0.6 is 0 Å². The van der Waals surface area contributed by atoms with Crippen LogP contribution in [-0.4, -0.2) is 22.9 Å². The van der Waals surface area contributed by atoms with Crippen LogP contribution in [0.2, 0.25) is 0 Å². The van der Waals surface area contributed by atoms with Crippen LogP contribution in [0, 0.1) is 0 Å². The fourth-order valence-corrected chi connectivity index (χ4v) is 2.97. The molecule has 0 saturated carbocycles. The Morgan fingerprint density at radius 3 is 2.75 bits per heavy atom. The molecule has 2 heterocycles. The van der Waals surface area contributed by atoms with E-state index in [1.165, 1.54) is 35.4 Å². The molecule has 1 fully saturated rings. The van der Waals surface area contributed by atoms with Gasteiger partial charge >= 0.3 is 0 Å². The van der Waals surface area contributed by atoms with Gasteiger partial charge in [0, 0.05) is 19.5 Å². The lowest BCUT2D eigenvalue weighted by Gasteiger charge is -2.20. The van der Waals surface area contributed by atoms with Crippen molar-refractivity contribution in [3.05, 3.63) is 41.6 Å². The third kappa shape index (κ3) is 2.63. The highest BCUT2D eigenvalue weighted by Gasteiger charge is 2.19. The second kappa shape index (κ2) is 5.80. The number of aromatic nitrogens is 2. The summed E-state index contributed by atoms with van der Waals surface area (Å²) in [7, 11) is 2.04. The molecule has 1 aromatic heterocycles. The van der Waals surface area contributed by atoms with E-state index in [9.17, 15) is 0 Å². The first kappa shape index (κ1) is 13.4. The number of hydrogen-bond acceptors (Lipinski definition) is 2. The summed E-state index contributed by atoms with van der Waals surface area (Å²) in [6, 6.07) is 11.1. The SMILES string of the molecule is CCc1ccc(-c2cc(C3CCCNC3)nn2C)cc1. The second-order valence-corrected chi connectivity index (χ2v) is 5.67. The summed E-state index contributed by atoms with van der Waals surface area (Å²) in [5.41, 5.74) is 5.09. The van der Waals surface area contributed by atoms with Gasteiger partial charge in [0.1, 0.15) is 0 Å². The standard InChI is InChI=1S/C17H23N3/c1-3-13-6-8-14(9-7-13)17-11-16(19-20(17)2)15-5-4-10-18-12-15/h6-9,11,15,18H,3-5,10,12H2,1-2H3. The summed E-state index contributed by atoms with van der Waals surface area (Å²) >= 11 is 0. The van der Waals surface area contributed by atoms with Gasteiger partial charge in [-0.1, -0.05) is 31.2 Å². The van der Waals surface area contributed by atoms with Crippen LogP contribution < -0.4 is 5.32 Å². The molecule has 0 bridgehead atoms. The maximum atomic E-state index is 4.73. The molecule has 106 valence electrons. The van der Waals surface area contributed by atoms with Gasteiger partial charge in [0.05, 0.1) is 11.4 Å². The van der Waals surface area contributed by atoms with Crippen molar-refractivity contribution < 1.29 is 0 Å². The third-order valence-electron chi connectivity index (χ3n) is 4.27. The average molecular weight is 269 g/mol. The van der Waals surface area contributed by atoms with Gasteiger partial charge in [-0.05, 0) is 43.0 Å². The lowest BCUT2D eigenvalue weighted by Crippen LogP contribution is -2.28. The predicted octanol–water partition coefficient (Wildman–Crippen LogP) is 3.12. The van der Waals surface area contributed by atoms with E-state index in [-0.39, 0.29) is 0 Å². The molecule has 1 atom stereocenters. The maximum absolute atomic E-state index is 4.73. The number of piperidine rings is 1. The lowest BCUT2D eigenvalue weighted by molar-refractivity contribution is 0.451. The molecule has 1 unspecified atom stereocenters. The molecular formula is C17H23N3. The maximum Gasteiger partial charge on any atom is 0.0681 e. The zero-order valence-corrected chi connectivity index (χ0v) is 12.4. The van der Waals surface area contributed by atoms with E-state index < -0.39 is 0 Å². The Balaban J connectivity index is 1.87. The molecule has 3 nitrogen and oxygen atoms in total. The van der Waals surface area contributed by atoms with Crippen molar-refractivity contribution in [3.8, 4) is 11.3 Å². The monoisotopic (exact) mass is 269 g/mol. The minimum atomic E-state index is 0.568. The summed E-state index contributed by atoms with van der Waals surface area (Å²) in [6.45, 7) is 4.40. The predicted molar refractivity (Wildman–Crippen MR) is 82.9 cm³/mol. The molecule has 1 aliphatic rings. The first-order valence-corrected chi connectivity index (χ1v) is 7.62. The molecule has 3 heteroatoms. The van der Waals surface area contributed by atoms with Gasteiger partial charge < -0.3 is 5.32 Å². The Hall–Kier alpha value is -1.61. The first-order valence-electron chi connectivity index (χ1n) is 7.62. The largest absolute Gasteiger partial charge is 0.316 e. The first-order chi connectivity index (χ1) is 9.78. The number of hydrogen-bond donors (Lipinski definition) is 1. The van der Waals surface area contributed by atoms with Crippen molar-refractivity contribution in [2.45, 2.75) is 32.1 Å². The van der Waals surface area contributed by atoms with Crippen molar-refractivity contribution in [1.82, 2.24) is 15.1 Å². The molecule has 20 heavy (non-hydrogen) atoms. The summed E-state index contributed by atoms with van der Waals surface area (Å²) in [5.74, 6) is 0.568. The summed E-state index contributed by atoms with van der Waals surface area (Å²) in [6.07, 6.45) is 3.59. The Kier molecular flexibility index (Phi) is 3.88. The number of nitrogens with one attached hydrogen (secondary N) is 1. The normalized spacial score (nSPS) is 19.2. The highest BCUT2D eigenvalue weighted by atomic mass is 15.3. The van der Waals surface area contributed by atoms with Crippen molar-refractivity contribution >= 4 is 0 Å². The molecule has 1 saturated heterocycles. The van der Waals surface area contributed by atoms with E-state index in [0.717, 1.165) is 19.5 Å². The van der Waals surface area contributed by atoms with E-state index >= 15 is 0 Å². The van der Waals surface area contributed by atoms with E-state index in [4.69, 9.17) is 5.10 Å². The molecule has 1 N–H and O–H groups in total. The third-order valence-corrected chi connectivity index (χ3v) is 4.27. The zero-order chi connectivity index (χ0) is 13.9. The molecule has 3 rings (SSSR count). The quantitative estimate of drug-likeness (QED) is 0.928. The fourth-order valence-electron chi connectivity index (χ4n) is 2.97. The van der Waals surface area contributed by atoms with Crippen LogP contribution in [0.4, 0.5) is 0 Å². The number of nitrogens with zero attached hydrogens (tertiary/aromatic N) is 2. The second-order valence-electron chi connectivity index (χ2n) is 5.67. The van der Waals surface area contributed by atoms with Crippen LogP contribution in [-0.2, 0) is 13.5 Å². The zero-order valence-electron chi connectivity index (χ0n) is 12.4. The summed E-state index contributed by atoms with van der Waals surface area (Å²) in [5, 5.41) is 8.20. The summed E-state index contributed by atoms with van der Waals surface area (Å²) in [4.78, 5) is 0. The van der Waals surface area contributed by atoms with E-state index in [2.05, 4.69) is 42.6 Å². The van der Waals surface area contributed by atoms with E-state index in [0.29, 0.717) is 5.92 Å². The van der Waals surface area contributed by atoms with Gasteiger partial charge in [-0.25, -0.2) is 0 Å². The summed E-state index contributed by atoms with van der Waals surface area (Å²) < 4.78 is 2.02. The topological polar surface area (TPSA) is 29.9 Å². The van der Waals surface area contributed by atoms with Crippen molar-refractivity contribution in [3.63, 3.8) is 0 Å². The minimum Gasteiger partial charge on any atom is -0.316 e. The number of aryl methyl sites for hydroxylation is 2. The highest BCUT2D eigenvalue weighted by Crippen LogP contribution is 2.27.